The van der Waals surface area contributed by atoms with E-state index in [2.05, 4.69) is 100 Å². The zero-order valence-electron chi connectivity index (χ0n) is 66.6. The van der Waals surface area contributed by atoms with Gasteiger partial charge in [-0.05, 0) is 210 Å². The number of phenolic OH excluding ortho intramolecular Hbond substituents is 4. The molecule has 0 radical (unpaired) electrons. The van der Waals surface area contributed by atoms with Crippen LogP contribution in [0.2, 0.25) is 0 Å². The summed E-state index contributed by atoms with van der Waals surface area (Å²) >= 11 is 4.49. The number of hydrogen-bond donors (Lipinski definition) is 10. The summed E-state index contributed by atoms with van der Waals surface area (Å²) in [6.45, 7) is 0. The number of hydrogen-bond acceptors (Lipinski definition) is 36. The Morgan fingerprint density at radius 3 is 0.984 bits per heavy atom. The van der Waals surface area contributed by atoms with Crippen LogP contribution in [0.15, 0.2) is 166 Å². The fourth-order valence-electron chi connectivity index (χ4n) is 14.4. The molecule has 20 rings (SSSR count). The van der Waals surface area contributed by atoms with E-state index in [0.717, 1.165) is 207 Å². The number of rotatable bonds is 14. The van der Waals surface area contributed by atoms with E-state index in [1.807, 2.05) is 81.5 Å². The van der Waals surface area contributed by atoms with Crippen molar-refractivity contribution in [2.24, 2.45) is 5.14 Å². The van der Waals surface area contributed by atoms with Gasteiger partial charge in [-0.15, -0.1) is 34.0 Å². The molecule has 5 aliphatic rings. The second-order valence-corrected chi connectivity index (χ2v) is 33.7. The molecule has 123 heavy (non-hydrogen) atoms. The predicted octanol–water partition coefficient (Wildman–Crippen LogP) is 14.2. The van der Waals surface area contributed by atoms with Gasteiger partial charge in [0.25, 0.3) is 0 Å². The summed E-state index contributed by atoms with van der Waals surface area (Å²) in [5, 5.41) is 106. The number of nitriles is 3. The van der Waals surface area contributed by atoms with E-state index >= 15 is 0 Å². The van der Waals surface area contributed by atoms with E-state index in [1.54, 1.807) is 116 Å². The number of fused-ring (bicyclic) bond motifs is 15. The Bertz CT molecular complexity index is 6790. The topological polar surface area (TPSA) is 489 Å². The average Bonchev–Trinajstić information content (AvgIpc) is 1.63. The minimum absolute atomic E-state index is 0.00846. The van der Waals surface area contributed by atoms with Gasteiger partial charge >= 0.3 is 0 Å². The van der Waals surface area contributed by atoms with Crippen LogP contribution in [0.4, 0.5) is 73.2 Å². The smallest absolute Gasteiger partial charge is 0.238 e. The zero-order chi connectivity index (χ0) is 85.7. The van der Waals surface area contributed by atoms with Crippen molar-refractivity contribution in [3.05, 3.63) is 223 Å². The van der Waals surface area contributed by atoms with Crippen molar-refractivity contribution in [3.8, 4) is 97.8 Å². The van der Waals surface area contributed by atoms with Crippen molar-refractivity contribution < 1.29 is 38.1 Å². The molecule has 10 heterocycles. The number of primary sulfonamides is 1. The lowest BCUT2D eigenvalue weighted by atomic mass is 9.91. The molecule has 0 fully saturated rings. The lowest BCUT2D eigenvalue weighted by Crippen LogP contribution is -2.13. The maximum atomic E-state index is 11.6. The molecular formula is C85H74N26O8S4. The number of phenols is 4. The van der Waals surface area contributed by atoms with E-state index in [4.69, 9.17) is 29.3 Å². The number of nitrogens with one attached hydrogen (secondary N) is 5. The molecule has 0 aliphatic heterocycles. The number of nitrogens with zero attached hydrogens (tertiary/aromatic N) is 20. The third-order valence-electron chi connectivity index (χ3n) is 20.1. The number of anilines is 13. The van der Waals surface area contributed by atoms with Crippen LogP contribution in [0.25, 0.3) is 56.5 Å². The molecule has 0 amide bonds. The summed E-state index contributed by atoms with van der Waals surface area (Å²) in [6.07, 6.45) is 17.2. The zero-order valence-corrected chi connectivity index (χ0v) is 69.8. The molecule has 0 saturated heterocycles. The molecule has 0 saturated carbocycles. The fraction of sp³-hybridized carbons (Fsp3) is 0.188. The lowest BCUT2D eigenvalue weighted by Gasteiger charge is -2.20. The summed E-state index contributed by atoms with van der Waals surface area (Å²) in [5.74, 6) is 3.01. The van der Waals surface area contributed by atoms with Gasteiger partial charge in [0.15, 0.2) is 11.4 Å². The van der Waals surface area contributed by atoms with Crippen molar-refractivity contribution in [3.63, 3.8) is 0 Å². The molecule has 0 unspecified atom stereocenters. The second kappa shape index (κ2) is 35.0. The van der Waals surface area contributed by atoms with Crippen LogP contribution in [0.3, 0.4) is 0 Å². The van der Waals surface area contributed by atoms with E-state index in [-0.39, 0.29) is 27.9 Å². The first-order valence-corrected chi connectivity index (χ1v) is 42.3. The lowest BCUT2D eigenvalue weighted by molar-refractivity contribution is 0.304. The van der Waals surface area contributed by atoms with Crippen LogP contribution in [0.5, 0.6) is 23.0 Å². The van der Waals surface area contributed by atoms with E-state index in [0.29, 0.717) is 57.4 Å². The summed E-state index contributed by atoms with van der Waals surface area (Å²) < 4.78 is 32.7. The van der Waals surface area contributed by atoms with Crippen molar-refractivity contribution in [1.29, 1.82) is 15.8 Å². The Labute approximate surface area is 715 Å². The third-order valence-corrected chi connectivity index (χ3v) is 25.0. The van der Waals surface area contributed by atoms with Gasteiger partial charge < -0.3 is 61.7 Å². The molecule has 5 aromatic carbocycles. The maximum absolute atomic E-state index is 11.6. The monoisotopic (exact) mass is 1710 g/mol. The van der Waals surface area contributed by atoms with Gasteiger partial charge in [0, 0.05) is 131 Å². The number of sulfonamides is 1. The van der Waals surface area contributed by atoms with E-state index < -0.39 is 10.0 Å². The van der Waals surface area contributed by atoms with Gasteiger partial charge in [0.2, 0.25) is 39.8 Å². The Kier molecular flexibility index (Phi) is 23.2. The first-order valence-electron chi connectivity index (χ1n) is 38.3. The maximum Gasteiger partial charge on any atom is 0.238 e. The quantitative estimate of drug-likeness (QED) is 0.0452. The van der Waals surface area contributed by atoms with Crippen LogP contribution < -0.4 is 46.4 Å². The number of aromatic hydroxyl groups is 4. The Balaban J connectivity index is 0.000000114. The van der Waals surface area contributed by atoms with Crippen molar-refractivity contribution in [2.45, 2.75) is 69.1 Å². The average molecular weight is 1720 g/mol. The number of aromatic nitrogens is 14. The normalized spacial score (nSPS) is 12.4. The molecule has 5 aliphatic carbocycles. The number of benzene rings is 5. The summed E-state index contributed by atoms with van der Waals surface area (Å²) in [5.41, 5.74) is 22.2. The molecule has 0 spiro atoms. The minimum Gasteiger partial charge on any atom is -0.508 e. The van der Waals surface area contributed by atoms with Crippen molar-refractivity contribution in [1.82, 2.24) is 70.5 Å². The fourth-order valence-corrected chi connectivity index (χ4v) is 18.1. The first kappa shape index (κ1) is 81.6. The highest BCUT2D eigenvalue weighted by molar-refractivity contribution is 7.89. The largest absolute Gasteiger partial charge is 0.508 e. The Hall–Kier alpha value is -15.1. The molecule has 11 N–H and O–H groups in total. The molecule has 616 valence electrons. The molecule has 38 heteroatoms. The number of nitrogens with two attached hydrogens (primary N) is 1. The second-order valence-electron chi connectivity index (χ2n) is 29.1. The molecule has 0 bridgehead atoms. The van der Waals surface area contributed by atoms with Gasteiger partial charge in [-0.3, -0.25) is 0 Å². The minimum atomic E-state index is -3.80. The van der Waals surface area contributed by atoms with Gasteiger partial charge in [-0.1, -0.05) is 28.5 Å². The highest BCUT2D eigenvalue weighted by Crippen LogP contribution is 2.50. The molecule has 10 aromatic heterocycles. The van der Waals surface area contributed by atoms with Gasteiger partial charge in [-0.25, -0.2) is 72.7 Å². The van der Waals surface area contributed by atoms with Crippen molar-refractivity contribution >= 4 is 117 Å². The molecule has 0 atom stereocenters. The van der Waals surface area contributed by atoms with Crippen LogP contribution >= 0.6 is 34.0 Å². The standard InChI is InChI=1S/C19H18N6O2S2.2C19H17N5OS.2C14H11N5O2/c1-25(2)18-16-14(15(9-20)28-18)7-6-11-10-22-19(24-17(11)16)23-12-4-3-5-13(8-12)29(21,26)27;1-24(2)18-16-14(15(9-20)26-18)8-3-11-10-21-19(23-17(11)16)22-12-4-6-13(25)7-5-12;1-24(2)18-16-14(15(9-20)26-18)7-6-11-10-21-19(23-17(11)16)22-12-4-3-5-13(25)8-12;20-10-4-2-9(3-5-10)16-14-15-7-8-1-6-11-13(12(8)17-14)19-21-18-11;20-10-3-1-2-9(6-10)16-14-15-7-8-4-5-11-13(12(8)17-14)19-21-18-11/h3-5,8,10H,6-7H2,1-2H3,(H2,21,26,27)(H,22,23,24);4-7,10,25H,3,8H2,1-2H3,(H,21,22,23);3-5,8,10,25H,6-7H2,1-2H3,(H,21,22,23);2-5,7,20H,1,6H2,(H,15,16,17);1-3,6-7,20H,4-5H2,(H,15,16,17). The SMILES string of the molecule is CN(C)c1sc(C#N)c2c1-c1nc(Nc3ccc(O)cc3)ncc1CC2.CN(C)c1sc(C#N)c2c1-c1nc(Nc3cccc(O)c3)ncc1CC2.CN(C)c1sc(C#N)c2c1-c1nc(Nc3cccc(S(N)(=O)=O)c3)ncc1CC2.Oc1ccc(Nc2ncc3c(n2)-c2nonc2CC3)cc1.Oc1cccc(Nc2ncc3c(n2)-c2nonc2CC3)c1. The van der Waals surface area contributed by atoms with Gasteiger partial charge in [0.05, 0.1) is 22.0 Å². The molecule has 34 nitrogen and oxygen atoms in total. The predicted molar refractivity (Wildman–Crippen MR) is 468 cm³/mol. The van der Waals surface area contributed by atoms with Crippen LogP contribution in [-0.4, -0.2) is 142 Å². The third kappa shape index (κ3) is 17.8. The van der Waals surface area contributed by atoms with Crippen LogP contribution in [0, 0.1) is 34.0 Å². The Morgan fingerprint density at radius 1 is 0.366 bits per heavy atom. The van der Waals surface area contributed by atoms with E-state index in [1.165, 1.54) is 46.1 Å². The van der Waals surface area contributed by atoms with Gasteiger partial charge in [-0.2, -0.15) is 15.8 Å². The van der Waals surface area contributed by atoms with Crippen molar-refractivity contribution in [2.75, 3.05) is 83.6 Å². The first-order chi connectivity index (χ1) is 59.5. The van der Waals surface area contributed by atoms with Gasteiger partial charge in [0.1, 0.15) is 93.6 Å². The number of thiophene rings is 3. The number of aryl methyl sites for hydroxylation is 7. The summed E-state index contributed by atoms with van der Waals surface area (Å²) in [4.78, 5) is 53.3. The van der Waals surface area contributed by atoms with Crippen LogP contribution in [0.1, 0.15) is 70.5 Å². The highest BCUT2D eigenvalue weighted by atomic mass is 32.2. The highest BCUT2D eigenvalue weighted by Gasteiger charge is 2.33. The molecule has 15 aromatic rings. The summed E-state index contributed by atoms with van der Waals surface area (Å²) in [7, 11) is 8.02. The van der Waals surface area contributed by atoms with Crippen LogP contribution in [-0.2, 0) is 74.2 Å². The Morgan fingerprint density at radius 2 is 0.667 bits per heavy atom. The van der Waals surface area contributed by atoms with E-state index in [9.17, 15) is 44.6 Å². The summed E-state index contributed by atoms with van der Waals surface area (Å²) in [6, 6.07) is 40.2. The molecular weight excluding hydrogens is 1640 g/mol.